The van der Waals surface area contributed by atoms with Gasteiger partial charge in [0.25, 0.3) is 5.91 Å². The fraction of sp³-hybridized carbons (Fsp3) is 0.500. The van der Waals surface area contributed by atoms with Gasteiger partial charge in [0, 0.05) is 30.3 Å². The quantitative estimate of drug-likeness (QED) is 0.499. The number of nitrogens with one attached hydrogen (secondary N) is 1. The van der Waals surface area contributed by atoms with Gasteiger partial charge in [0.15, 0.2) is 0 Å². The Bertz CT molecular complexity index is 976. The highest BCUT2D eigenvalue weighted by molar-refractivity contribution is 6.31. The number of fused-ring (bicyclic) bond motifs is 1. The van der Waals surface area contributed by atoms with Gasteiger partial charge in [-0.05, 0) is 73.9 Å². The summed E-state index contributed by atoms with van der Waals surface area (Å²) >= 11 is 6.29. The lowest BCUT2D eigenvalue weighted by Gasteiger charge is -2.29. The summed E-state index contributed by atoms with van der Waals surface area (Å²) in [6, 6.07) is 13.0. The predicted octanol–water partition coefficient (Wildman–Crippen LogP) is 5.90. The molecule has 5 nitrogen and oxygen atoms in total. The number of ether oxygens (including phenoxy) is 1. The molecule has 2 aromatic rings. The van der Waals surface area contributed by atoms with Crippen LogP contribution in [0.4, 0.5) is 5.69 Å². The van der Waals surface area contributed by atoms with Crippen molar-refractivity contribution in [2.75, 3.05) is 31.1 Å². The van der Waals surface area contributed by atoms with Crippen LogP contribution in [-0.4, -0.2) is 38.1 Å². The predicted molar refractivity (Wildman–Crippen MR) is 137 cm³/mol. The Hall–Kier alpha value is -2.53. The number of benzene rings is 2. The average molecular weight is 483 g/mol. The molecular formula is C28H35ClN2O3. The minimum atomic E-state index is -0.316. The SMILES string of the molecule is CCOC(=O)c1ccc(CCNC(=O)c2cc(Cl)ccc2N2CCC3CCCCC3CC2)cc1. The minimum absolute atomic E-state index is 0.0951. The number of hydrogen-bond acceptors (Lipinski definition) is 4. The van der Waals surface area contributed by atoms with Crippen LogP contribution in [-0.2, 0) is 11.2 Å². The molecule has 0 aromatic heterocycles. The van der Waals surface area contributed by atoms with Crippen LogP contribution in [0.5, 0.6) is 0 Å². The van der Waals surface area contributed by atoms with E-state index < -0.39 is 0 Å². The lowest BCUT2D eigenvalue weighted by molar-refractivity contribution is 0.0526. The second-order valence-corrected chi connectivity index (χ2v) is 9.89. The van der Waals surface area contributed by atoms with Crippen molar-refractivity contribution in [1.29, 1.82) is 0 Å². The molecule has 2 fully saturated rings. The van der Waals surface area contributed by atoms with E-state index in [9.17, 15) is 9.59 Å². The molecule has 1 heterocycles. The molecule has 6 heteroatoms. The third kappa shape index (κ3) is 6.12. The van der Waals surface area contributed by atoms with Gasteiger partial charge in [-0.25, -0.2) is 4.79 Å². The molecule has 1 saturated heterocycles. The molecule has 2 unspecified atom stereocenters. The van der Waals surface area contributed by atoms with E-state index in [0.717, 1.165) is 36.2 Å². The van der Waals surface area contributed by atoms with Gasteiger partial charge in [-0.3, -0.25) is 4.79 Å². The van der Waals surface area contributed by atoms with Crippen molar-refractivity contribution in [3.05, 3.63) is 64.2 Å². The van der Waals surface area contributed by atoms with Gasteiger partial charge in [-0.1, -0.05) is 49.4 Å². The van der Waals surface area contributed by atoms with Crippen LogP contribution in [0.25, 0.3) is 0 Å². The Balaban J connectivity index is 1.37. The number of hydrogen-bond donors (Lipinski definition) is 1. The van der Waals surface area contributed by atoms with Crippen LogP contribution in [0.2, 0.25) is 5.02 Å². The molecule has 2 atom stereocenters. The van der Waals surface area contributed by atoms with E-state index in [1.54, 1.807) is 25.1 Å². The van der Waals surface area contributed by atoms with E-state index >= 15 is 0 Å². The summed E-state index contributed by atoms with van der Waals surface area (Å²) in [6.45, 7) is 4.65. The molecule has 0 spiro atoms. The smallest absolute Gasteiger partial charge is 0.338 e. The minimum Gasteiger partial charge on any atom is -0.462 e. The zero-order chi connectivity index (χ0) is 23.9. The van der Waals surface area contributed by atoms with Gasteiger partial charge in [0.05, 0.1) is 17.7 Å². The first kappa shape index (κ1) is 24.6. The van der Waals surface area contributed by atoms with Crippen molar-refractivity contribution < 1.29 is 14.3 Å². The lowest BCUT2D eigenvalue weighted by Crippen LogP contribution is -2.30. The molecule has 1 aliphatic heterocycles. The van der Waals surface area contributed by atoms with Crippen molar-refractivity contribution in [2.24, 2.45) is 11.8 Å². The lowest BCUT2D eigenvalue weighted by atomic mass is 9.77. The van der Waals surface area contributed by atoms with E-state index in [1.165, 1.54) is 38.5 Å². The summed E-state index contributed by atoms with van der Waals surface area (Å²) in [4.78, 5) is 27.3. The van der Waals surface area contributed by atoms with E-state index in [0.29, 0.717) is 35.7 Å². The molecule has 2 aromatic carbocycles. The van der Waals surface area contributed by atoms with Gasteiger partial charge in [-0.2, -0.15) is 0 Å². The molecule has 1 amide bonds. The van der Waals surface area contributed by atoms with E-state index in [2.05, 4.69) is 10.2 Å². The Morgan fingerprint density at radius 2 is 1.68 bits per heavy atom. The number of esters is 1. The van der Waals surface area contributed by atoms with Crippen molar-refractivity contribution in [3.8, 4) is 0 Å². The Labute approximate surface area is 207 Å². The van der Waals surface area contributed by atoms with Crippen LogP contribution in [0.3, 0.4) is 0 Å². The fourth-order valence-corrected chi connectivity index (χ4v) is 5.62. The molecule has 2 aliphatic rings. The van der Waals surface area contributed by atoms with Crippen LogP contribution in [0, 0.1) is 11.8 Å². The van der Waals surface area contributed by atoms with Crippen LogP contribution in [0.1, 0.15) is 71.7 Å². The molecule has 1 aliphatic carbocycles. The molecule has 0 bridgehead atoms. The number of amides is 1. The third-order valence-corrected chi connectivity index (χ3v) is 7.55. The van der Waals surface area contributed by atoms with Gasteiger partial charge in [0.2, 0.25) is 0 Å². The standard InChI is InChI=1S/C28H35ClN2O3/c1-2-34-28(33)23-9-7-20(8-10-23)13-16-30-27(32)25-19-24(29)11-12-26(25)31-17-14-21-5-3-4-6-22(21)15-18-31/h7-12,19,21-22H,2-6,13-18H2,1H3,(H,30,32). The Kier molecular flexibility index (Phi) is 8.49. The van der Waals surface area contributed by atoms with Gasteiger partial charge >= 0.3 is 5.97 Å². The van der Waals surface area contributed by atoms with Crippen LogP contribution in [0.15, 0.2) is 42.5 Å². The highest BCUT2D eigenvalue weighted by atomic mass is 35.5. The van der Waals surface area contributed by atoms with Crippen molar-refractivity contribution in [3.63, 3.8) is 0 Å². The van der Waals surface area contributed by atoms with Crippen molar-refractivity contribution in [2.45, 2.75) is 51.9 Å². The van der Waals surface area contributed by atoms with Crippen molar-refractivity contribution in [1.82, 2.24) is 5.32 Å². The maximum Gasteiger partial charge on any atom is 0.338 e. The van der Waals surface area contributed by atoms with Crippen molar-refractivity contribution >= 4 is 29.2 Å². The van der Waals surface area contributed by atoms with Crippen LogP contribution >= 0.6 is 11.6 Å². The molecular weight excluding hydrogens is 448 g/mol. The summed E-state index contributed by atoms with van der Waals surface area (Å²) in [7, 11) is 0. The topological polar surface area (TPSA) is 58.6 Å². The average Bonchev–Trinajstić information content (AvgIpc) is 3.07. The van der Waals surface area contributed by atoms with E-state index in [-0.39, 0.29) is 11.9 Å². The summed E-state index contributed by atoms with van der Waals surface area (Å²) in [5, 5.41) is 3.64. The Morgan fingerprint density at radius 1 is 1.00 bits per heavy atom. The highest BCUT2D eigenvalue weighted by Crippen LogP contribution is 2.38. The van der Waals surface area contributed by atoms with Crippen LogP contribution < -0.4 is 10.2 Å². The van der Waals surface area contributed by atoms with Gasteiger partial charge < -0.3 is 15.0 Å². The summed E-state index contributed by atoms with van der Waals surface area (Å²) in [5.41, 5.74) is 3.22. The number of carbonyl (C=O) groups is 2. The largest absolute Gasteiger partial charge is 0.462 e. The van der Waals surface area contributed by atoms with Gasteiger partial charge in [-0.15, -0.1) is 0 Å². The normalized spacial score (nSPS) is 20.2. The Morgan fingerprint density at radius 3 is 2.32 bits per heavy atom. The number of carbonyl (C=O) groups excluding carboxylic acids is 2. The molecule has 4 rings (SSSR count). The molecule has 182 valence electrons. The van der Waals surface area contributed by atoms with E-state index in [4.69, 9.17) is 16.3 Å². The number of rotatable bonds is 7. The number of anilines is 1. The fourth-order valence-electron chi connectivity index (χ4n) is 5.44. The van der Waals surface area contributed by atoms with Gasteiger partial charge in [0.1, 0.15) is 0 Å². The third-order valence-electron chi connectivity index (χ3n) is 7.31. The highest BCUT2D eigenvalue weighted by Gasteiger charge is 2.29. The molecule has 1 N–H and O–H groups in total. The first-order valence-corrected chi connectivity index (χ1v) is 13.0. The first-order valence-electron chi connectivity index (χ1n) is 12.6. The monoisotopic (exact) mass is 482 g/mol. The first-order chi connectivity index (χ1) is 16.5. The zero-order valence-corrected chi connectivity index (χ0v) is 20.8. The number of halogens is 1. The molecule has 34 heavy (non-hydrogen) atoms. The summed E-state index contributed by atoms with van der Waals surface area (Å²) in [6.07, 6.45) is 8.52. The second-order valence-electron chi connectivity index (χ2n) is 9.45. The second kappa shape index (κ2) is 11.7. The summed E-state index contributed by atoms with van der Waals surface area (Å²) < 4.78 is 5.02. The molecule has 0 radical (unpaired) electrons. The maximum atomic E-state index is 13.1. The number of nitrogens with zero attached hydrogens (tertiary/aromatic N) is 1. The van der Waals surface area contributed by atoms with E-state index in [1.807, 2.05) is 24.3 Å². The maximum absolute atomic E-state index is 13.1. The zero-order valence-electron chi connectivity index (χ0n) is 20.0. The molecule has 1 saturated carbocycles. The summed E-state index contributed by atoms with van der Waals surface area (Å²) in [5.74, 6) is 1.25.